The van der Waals surface area contributed by atoms with E-state index in [9.17, 15) is 5.11 Å². The van der Waals surface area contributed by atoms with E-state index >= 15 is 0 Å². The SMILES string of the molecule is CC(C)CC(C1CC(C(C)C)CO1)C(C)(C)OCC(C)(C)O. The van der Waals surface area contributed by atoms with E-state index in [1.807, 2.05) is 0 Å². The highest BCUT2D eigenvalue weighted by Gasteiger charge is 2.42. The second-order valence-corrected chi connectivity index (χ2v) is 9.05. The molecular formula is C19H38O3. The molecule has 0 radical (unpaired) electrons. The Balaban J connectivity index is 2.79. The van der Waals surface area contributed by atoms with Crippen LogP contribution in [0.4, 0.5) is 0 Å². The van der Waals surface area contributed by atoms with Gasteiger partial charge < -0.3 is 14.6 Å². The van der Waals surface area contributed by atoms with Crippen LogP contribution in [-0.2, 0) is 9.47 Å². The molecule has 3 atom stereocenters. The zero-order valence-corrected chi connectivity index (χ0v) is 16.0. The van der Waals surface area contributed by atoms with Crippen LogP contribution in [0.1, 0.15) is 68.2 Å². The Hall–Kier alpha value is -0.120. The maximum Gasteiger partial charge on any atom is 0.0824 e. The Bertz CT molecular complexity index is 328. The van der Waals surface area contributed by atoms with Crippen molar-refractivity contribution in [2.45, 2.75) is 85.5 Å². The molecule has 3 heteroatoms. The number of aliphatic hydroxyl groups is 1. The molecule has 1 heterocycles. The maximum atomic E-state index is 9.97. The van der Waals surface area contributed by atoms with Crippen LogP contribution in [0.2, 0.25) is 0 Å². The summed E-state index contributed by atoms with van der Waals surface area (Å²) in [6.07, 6.45) is 2.49. The Kier molecular flexibility index (Phi) is 6.91. The Morgan fingerprint density at radius 2 is 1.73 bits per heavy atom. The van der Waals surface area contributed by atoms with Gasteiger partial charge >= 0.3 is 0 Å². The summed E-state index contributed by atoms with van der Waals surface area (Å²) in [6, 6.07) is 0. The van der Waals surface area contributed by atoms with E-state index in [0.29, 0.717) is 30.3 Å². The van der Waals surface area contributed by atoms with Crippen LogP contribution in [-0.4, -0.2) is 35.6 Å². The van der Waals surface area contributed by atoms with Gasteiger partial charge in [-0.2, -0.15) is 0 Å². The average Bonchev–Trinajstić information content (AvgIpc) is 2.82. The van der Waals surface area contributed by atoms with Gasteiger partial charge in [0.05, 0.1) is 30.5 Å². The third-order valence-electron chi connectivity index (χ3n) is 4.87. The van der Waals surface area contributed by atoms with Gasteiger partial charge in [0.15, 0.2) is 0 Å². The van der Waals surface area contributed by atoms with E-state index in [4.69, 9.17) is 9.47 Å². The quantitative estimate of drug-likeness (QED) is 0.727. The summed E-state index contributed by atoms with van der Waals surface area (Å²) in [5, 5.41) is 9.97. The predicted molar refractivity (Wildman–Crippen MR) is 92.0 cm³/mol. The second-order valence-electron chi connectivity index (χ2n) is 9.05. The summed E-state index contributed by atoms with van der Waals surface area (Å²) in [6.45, 7) is 18.2. The zero-order valence-electron chi connectivity index (χ0n) is 16.0. The van der Waals surface area contributed by atoms with Gasteiger partial charge in [0, 0.05) is 5.92 Å². The number of hydrogen-bond donors (Lipinski definition) is 1. The van der Waals surface area contributed by atoms with Gasteiger partial charge in [0.1, 0.15) is 0 Å². The summed E-state index contributed by atoms with van der Waals surface area (Å²) >= 11 is 0. The molecule has 1 N–H and O–H groups in total. The van der Waals surface area contributed by atoms with E-state index in [0.717, 1.165) is 19.4 Å². The smallest absolute Gasteiger partial charge is 0.0824 e. The maximum absolute atomic E-state index is 9.97. The first-order valence-electron chi connectivity index (χ1n) is 8.90. The largest absolute Gasteiger partial charge is 0.388 e. The minimum atomic E-state index is -0.795. The highest BCUT2D eigenvalue weighted by Crippen LogP contribution is 2.39. The monoisotopic (exact) mass is 314 g/mol. The minimum absolute atomic E-state index is 0.270. The molecule has 22 heavy (non-hydrogen) atoms. The minimum Gasteiger partial charge on any atom is -0.388 e. The summed E-state index contributed by atoms with van der Waals surface area (Å²) in [5.41, 5.74) is -1.09. The highest BCUT2D eigenvalue weighted by molar-refractivity contribution is 4.91. The normalized spacial score (nSPS) is 25.2. The molecule has 1 aliphatic heterocycles. The van der Waals surface area contributed by atoms with Gasteiger partial charge in [-0.15, -0.1) is 0 Å². The first-order chi connectivity index (χ1) is 9.92. The van der Waals surface area contributed by atoms with Crippen LogP contribution in [0.25, 0.3) is 0 Å². The molecular weight excluding hydrogens is 276 g/mol. The van der Waals surface area contributed by atoms with Gasteiger partial charge in [-0.25, -0.2) is 0 Å². The highest BCUT2D eigenvalue weighted by atomic mass is 16.5. The molecule has 0 saturated carbocycles. The van der Waals surface area contributed by atoms with Crippen LogP contribution < -0.4 is 0 Å². The number of hydrogen-bond acceptors (Lipinski definition) is 3. The van der Waals surface area contributed by atoms with E-state index in [-0.39, 0.29) is 11.7 Å². The summed E-state index contributed by atoms with van der Waals surface area (Å²) in [7, 11) is 0. The molecule has 1 aliphatic rings. The standard InChI is InChI=1S/C19H38O3/c1-13(2)9-16(17-10-15(11-21-17)14(3)4)19(7,8)22-12-18(5,6)20/h13-17,20H,9-12H2,1-8H3. The van der Waals surface area contributed by atoms with Crippen molar-refractivity contribution in [3.63, 3.8) is 0 Å². The number of ether oxygens (including phenoxy) is 2. The van der Waals surface area contributed by atoms with Gasteiger partial charge in [-0.1, -0.05) is 27.7 Å². The van der Waals surface area contributed by atoms with Gasteiger partial charge in [0.2, 0.25) is 0 Å². The molecule has 0 bridgehead atoms. The zero-order chi connectivity index (χ0) is 17.1. The summed E-state index contributed by atoms with van der Waals surface area (Å²) in [5.74, 6) is 2.30. The van der Waals surface area contributed by atoms with Crippen molar-refractivity contribution in [2.75, 3.05) is 13.2 Å². The first-order valence-corrected chi connectivity index (χ1v) is 8.90. The Labute approximate surface area is 137 Å². The molecule has 1 fully saturated rings. The van der Waals surface area contributed by atoms with Crippen LogP contribution >= 0.6 is 0 Å². The van der Waals surface area contributed by atoms with E-state index in [1.54, 1.807) is 13.8 Å². The molecule has 0 aromatic heterocycles. The Morgan fingerprint density at radius 1 is 1.14 bits per heavy atom. The lowest BCUT2D eigenvalue weighted by Crippen LogP contribution is -2.45. The Morgan fingerprint density at radius 3 is 2.14 bits per heavy atom. The van der Waals surface area contributed by atoms with E-state index in [1.165, 1.54) is 0 Å². The van der Waals surface area contributed by atoms with Crippen LogP contribution in [0.3, 0.4) is 0 Å². The van der Waals surface area contributed by atoms with Crippen molar-refractivity contribution in [3.8, 4) is 0 Å². The van der Waals surface area contributed by atoms with Gasteiger partial charge in [0.25, 0.3) is 0 Å². The topological polar surface area (TPSA) is 38.7 Å². The van der Waals surface area contributed by atoms with Crippen molar-refractivity contribution >= 4 is 0 Å². The lowest BCUT2D eigenvalue weighted by molar-refractivity contribution is -0.142. The molecule has 0 amide bonds. The molecule has 3 unspecified atom stereocenters. The molecule has 0 aromatic carbocycles. The molecule has 3 nitrogen and oxygen atoms in total. The third-order valence-corrected chi connectivity index (χ3v) is 4.87. The summed E-state index contributed by atoms with van der Waals surface area (Å²) in [4.78, 5) is 0. The molecule has 0 spiro atoms. The first kappa shape index (κ1) is 19.9. The molecule has 0 aromatic rings. The van der Waals surface area contributed by atoms with Crippen molar-refractivity contribution in [3.05, 3.63) is 0 Å². The second kappa shape index (κ2) is 7.63. The van der Waals surface area contributed by atoms with Crippen molar-refractivity contribution in [1.29, 1.82) is 0 Å². The van der Waals surface area contributed by atoms with Crippen molar-refractivity contribution in [2.24, 2.45) is 23.7 Å². The van der Waals surface area contributed by atoms with Crippen LogP contribution in [0.15, 0.2) is 0 Å². The van der Waals surface area contributed by atoms with Crippen molar-refractivity contribution in [1.82, 2.24) is 0 Å². The fourth-order valence-electron chi connectivity index (χ4n) is 3.29. The van der Waals surface area contributed by atoms with E-state index in [2.05, 4.69) is 41.5 Å². The van der Waals surface area contributed by atoms with E-state index < -0.39 is 5.60 Å². The average molecular weight is 315 g/mol. The molecule has 1 saturated heterocycles. The molecule has 1 rings (SSSR count). The van der Waals surface area contributed by atoms with Gasteiger partial charge in [-0.05, 0) is 58.3 Å². The summed E-state index contributed by atoms with van der Waals surface area (Å²) < 4.78 is 12.3. The molecule has 0 aliphatic carbocycles. The molecule has 132 valence electrons. The fraction of sp³-hybridized carbons (Fsp3) is 1.00. The van der Waals surface area contributed by atoms with Gasteiger partial charge in [-0.3, -0.25) is 0 Å². The third kappa shape index (κ3) is 6.17. The predicted octanol–water partition coefficient (Wildman–Crippen LogP) is 4.28. The fourth-order valence-corrected chi connectivity index (χ4v) is 3.29. The lowest BCUT2D eigenvalue weighted by atomic mass is 9.77. The number of rotatable bonds is 8. The van der Waals surface area contributed by atoms with Crippen LogP contribution in [0, 0.1) is 23.7 Å². The lowest BCUT2D eigenvalue weighted by Gasteiger charge is -2.40. The van der Waals surface area contributed by atoms with Crippen LogP contribution in [0.5, 0.6) is 0 Å². The van der Waals surface area contributed by atoms with Crippen molar-refractivity contribution < 1.29 is 14.6 Å².